The van der Waals surface area contributed by atoms with E-state index in [0.29, 0.717) is 12.0 Å². The summed E-state index contributed by atoms with van der Waals surface area (Å²) in [6.07, 6.45) is 4.27. The standard InChI is InChI=1S/C10H20N4/c1-5-6-8(2)10(11-3)9-7-12-13-14(9)4/h7-8,10-11H,5-6H2,1-4H3. The Hall–Kier alpha value is -0.900. The van der Waals surface area contributed by atoms with Gasteiger partial charge in [0.2, 0.25) is 0 Å². The van der Waals surface area contributed by atoms with Crippen molar-refractivity contribution in [3.8, 4) is 0 Å². The first-order valence-electron chi connectivity index (χ1n) is 5.22. The number of aromatic nitrogens is 3. The summed E-state index contributed by atoms with van der Waals surface area (Å²) in [4.78, 5) is 0. The van der Waals surface area contributed by atoms with Crippen LogP contribution in [-0.2, 0) is 7.05 Å². The zero-order valence-electron chi connectivity index (χ0n) is 9.49. The lowest BCUT2D eigenvalue weighted by molar-refractivity contribution is 0.366. The van der Waals surface area contributed by atoms with Gasteiger partial charge in [0.25, 0.3) is 0 Å². The average molecular weight is 196 g/mol. The zero-order chi connectivity index (χ0) is 10.6. The molecular formula is C10H20N4. The molecule has 4 heteroatoms. The molecule has 1 aromatic heterocycles. The van der Waals surface area contributed by atoms with Crippen molar-refractivity contribution in [1.29, 1.82) is 0 Å². The molecule has 1 N–H and O–H groups in total. The number of aryl methyl sites for hydroxylation is 1. The summed E-state index contributed by atoms with van der Waals surface area (Å²) in [5.74, 6) is 0.613. The maximum atomic E-state index is 3.95. The lowest BCUT2D eigenvalue weighted by Gasteiger charge is -2.22. The van der Waals surface area contributed by atoms with E-state index in [1.54, 1.807) is 0 Å². The van der Waals surface area contributed by atoms with Gasteiger partial charge in [-0.1, -0.05) is 25.5 Å². The molecule has 2 atom stereocenters. The molecule has 0 radical (unpaired) electrons. The van der Waals surface area contributed by atoms with E-state index in [2.05, 4.69) is 29.5 Å². The number of nitrogens with one attached hydrogen (secondary N) is 1. The third-order valence-corrected chi connectivity index (χ3v) is 2.69. The molecule has 0 amide bonds. The minimum Gasteiger partial charge on any atom is -0.311 e. The van der Waals surface area contributed by atoms with Gasteiger partial charge in [-0.05, 0) is 19.4 Å². The smallest absolute Gasteiger partial charge is 0.0755 e. The third kappa shape index (κ3) is 2.32. The molecule has 0 aliphatic rings. The van der Waals surface area contributed by atoms with Crippen LogP contribution in [0.4, 0.5) is 0 Å². The van der Waals surface area contributed by atoms with Crippen LogP contribution in [-0.4, -0.2) is 22.0 Å². The molecule has 0 spiro atoms. The second kappa shape index (κ2) is 5.10. The fraction of sp³-hybridized carbons (Fsp3) is 0.800. The first-order valence-corrected chi connectivity index (χ1v) is 5.22. The van der Waals surface area contributed by atoms with Crippen LogP contribution in [0.25, 0.3) is 0 Å². The van der Waals surface area contributed by atoms with Crippen molar-refractivity contribution in [2.24, 2.45) is 13.0 Å². The van der Waals surface area contributed by atoms with Crippen molar-refractivity contribution in [3.63, 3.8) is 0 Å². The molecule has 0 saturated carbocycles. The number of rotatable bonds is 5. The molecule has 80 valence electrons. The SMILES string of the molecule is CCCC(C)C(NC)c1cnnn1C. The van der Waals surface area contributed by atoms with Crippen molar-refractivity contribution in [1.82, 2.24) is 20.3 Å². The van der Waals surface area contributed by atoms with Crippen LogP contribution in [0, 0.1) is 5.92 Å². The lowest BCUT2D eigenvalue weighted by atomic mass is 9.95. The van der Waals surface area contributed by atoms with E-state index >= 15 is 0 Å². The minimum absolute atomic E-state index is 0.356. The van der Waals surface area contributed by atoms with Crippen LogP contribution in [0.5, 0.6) is 0 Å². The van der Waals surface area contributed by atoms with Gasteiger partial charge in [0.05, 0.1) is 17.9 Å². The Morgan fingerprint density at radius 3 is 2.71 bits per heavy atom. The molecule has 0 bridgehead atoms. The van der Waals surface area contributed by atoms with Crippen LogP contribution < -0.4 is 5.32 Å². The van der Waals surface area contributed by atoms with Gasteiger partial charge in [0.15, 0.2) is 0 Å². The molecule has 2 unspecified atom stereocenters. The normalized spacial score (nSPS) is 15.4. The second-order valence-corrected chi connectivity index (χ2v) is 3.81. The lowest BCUT2D eigenvalue weighted by Crippen LogP contribution is -2.25. The van der Waals surface area contributed by atoms with Crippen LogP contribution >= 0.6 is 0 Å². The Bertz CT molecular complexity index is 269. The van der Waals surface area contributed by atoms with Crippen LogP contribution in [0.15, 0.2) is 6.20 Å². The predicted molar refractivity (Wildman–Crippen MR) is 56.9 cm³/mol. The molecule has 0 aromatic carbocycles. The monoisotopic (exact) mass is 196 g/mol. The van der Waals surface area contributed by atoms with Crippen molar-refractivity contribution in [2.75, 3.05) is 7.05 Å². The number of nitrogens with zero attached hydrogens (tertiary/aromatic N) is 3. The van der Waals surface area contributed by atoms with Crippen LogP contribution in [0.2, 0.25) is 0 Å². The Kier molecular flexibility index (Phi) is 4.07. The summed E-state index contributed by atoms with van der Waals surface area (Å²) in [7, 11) is 3.93. The molecule has 0 aliphatic carbocycles. The fourth-order valence-corrected chi connectivity index (χ4v) is 1.93. The predicted octanol–water partition coefficient (Wildman–Crippen LogP) is 1.51. The quantitative estimate of drug-likeness (QED) is 0.776. The molecule has 1 heterocycles. The van der Waals surface area contributed by atoms with Crippen molar-refractivity contribution in [3.05, 3.63) is 11.9 Å². The Morgan fingerprint density at radius 2 is 2.29 bits per heavy atom. The van der Waals surface area contributed by atoms with Gasteiger partial charge < -0.3 is 5.32 Å². The molecule has 1 aromatic rings. The first kappa shape index (κ1) is 11.2. The third-order valence-electron chi connectivity index (χ3n) is 2.69. The summed E-state index contributed by atoms with van der Waals surface area (Å²) in [6, 6.07) is 0.356. The molecule has 1 rings (SSSR count). The molecule has 0 aliphatic heterocycles. The molecule has 0 saturated heterocycles. The zero-order valence-corrected chi connectivity index (χ0v) is 9.49. The van der Waals surface area contributed by atoms with E-state index in [4.69, 9.17) is 0 Å². The van der Waals surface area contributed by atoms with Gasteiger partial charge in [0, 0.05) is 7.05 Å². The van der Waals surface area contributed by atoms with Gasteiger partial charge in [-0.3, -0.25) is 4.68 Å². The highest BCUT2D eigenvalue weighted by Crippen LogP contribution is 2.23. The van der Waals surface area contributed by atoms with E-state index in [0.717, 1.165) is 5.69 Å². The fourth-order valence-electron chi connectivity index (χ4n) is 1.93. The minimum atomic E-state index is 0.356. The van der Waals surface area contributed by atoms with Gasteiger partial charge in [-0.15, -0.1) is 5.10 Å². The molecule has 14 heavy (non-hydrogen) atoms. The summed E-state index contributed by atoms with van der Waals surface area (Å²) in [5.41, 5.74) is 1.16. The molecule has 0 fully saturated rings. The summed E-state index contributed by atoms with van der Waals surface area (Å²) in [5, 5.41) is 11.2. The Labute approximate surface area is 85.7 Å². The van der Waals surface area contributed by atoms with Crippen molar-refractivity contribution in [2.45, 2.75) is 32.7 Å². The maximum absolute atomic E-state index is 3.95. The largest absolute Gasteiger partial charge is 0.311 e. The highest BCUT2D eigenvalue weighted by Gasteiger charge is 2.19. The summed E-state index contributed by atoms with van der Waals surface area (Å²) in [6.45, 7) is 4.47. The van der Waals surface area contributed by atoms with E-state index in [-0.39, 0.29) is 0 Å². The van der Waals surface area contributed by atoms with Crippen LogP contribution in [0.3, 0.4) is 0 Å². The maximum Gasteiger partial charge on any atom is 0.0755 e. The second-order valence-electron chi connectivity index (χ2n) is 3.81. The Balaban J connectivity index is 2.76. The van der Waals surface area contributed by atoms with Gasteiger partial charge in [-0.25, -0.2) is 0 Å². The van der Waals surface area contributed by atoms with Crippen molar-refractivity contribution >= 4 is 0 Å². The molecule has 4 nitrogen and oxygen atoms in total. The van der Waals surface area contributed by atoms with Gasteiger partial charge in [0.1, 0.15) is 0 Å². The number of hydrogen-bond acceptors (Lipinski definition) is 3. The van der Waals surface area contributed by atoms with E-state index in [1.807, 2.05) is 25.0 Å². The Morgan fingerprint density at radius 1 is 1.57 bits per heavy atom. The van der Waals surface area contributed by atoms with E-state index in [9.17, 15) is 0 Å². The summed E-state index contributed by atoms with van der Waals surface area (Å²) >= 11 is 0. The highest BCUT2D eigenvalue weighted by atomic mass is 15.4. The highest BCUT2D eigenvalue weighted by molar-refractivity contribution is 5.02. The number of hydrogen-bond donors (Lipinski definition) is 1. The first-order chi connectivity index (χ1) is 6.70. The average Bonchev–Trinajstić information content (AvgIpc) is 2.54. The van der Waals surface area contributed by atoms with Gasteiger partial charge in [-0.2, -0.15) is 0 Å². The van der Waals surface area contributed by atoms with Gasteiger partial charge >= 0.3 is 0 Å². The van der Waals surface area contributed by atoms with E-state index in [1.165, 1.54) is 12.8 Å². The van der Waals surface area contributed by atoms with E-state index < -0.39 is 0 Å². The molecular weight excluding hydrogens is 176 g/mol. The topological polar surface area (TPSA) is 42.7 Å². The van der Waals surface area contributed by atoms with Crippen molar-refractivity contribution < 1.29 is 0 Å². The van der Waals surface area contributed by atoms with Crippen LogP contribution in [0.1, 0.15) is 38.4 Å². The summed E-state index contributed by atoms with van der Waals surface area (Å²) < 4.78 is 1.84.